The number of Topliss-reactive ketones (excluding diaryl/α,β-unsaturated/α-hetero) is 1. The van der Waals surface area contributed by atoms with Crippen molar-refractivity contribution < 1.29 is 30.3 Å². The van der Waals surface area contributed by atoms with Gasteiger partial charge >= 0.3 is 0 Å². The first-order valence-electron chi connectivity index (χ1n) is 9.55. The highest BCUT2D eigenvalue weighted by atomic mass is 16.3. The summed E-state index contributed by atoms with van der Waals surface area (Å²) in [6.45, 7) is -0.200. The number of hydrogen-bond donors (Lipinski definition) is 6. The number of aliphatic hydroxyl groups excluding tert-OH is 5. The molecule has 0 saturated carbocycles. The summed E-state index contributed by atoms with van der Waals surface area (Å²) in [6.07, 6.45) is 5.13. The van der Waals surface area contributed by atoms with Gasteiger partial charge in [0.15, 0.2) is 0 Å². The second-order valence-corrected chi connectivity index (χ2v) is 7.06. The highest BCUT2D eigenvalue weighted by molar-refractivity contribution is 5.78. The summed E-state index contributed by atoms with van der Waals surface area (Å²) in [6, 6.07) is -1.19. The molecule has 25 heavy (non-hydrogen) atoms. The molecular formula is C18H35NO6. The van der Waals surface area contributed by atoms with E-state index in [4.69, 9.17) is 10.2 Å². The van der Waals surface area contributed by atoms with Crippen molar-refractivity contribution in [2.24, 2.45) is 0 Å². The lowest BCUT2D eigenvalue weighted by Gasteiger charge is -2.22. The molecule has 1 rings (SSSR count). The van der Waals surface area contributed by atoms with Crippen LogP contribution in [0.25, 0.3) is 0 Å². The number of hydrogen-bond acceptors (Lipinski definition) is 7. The van der Waals surface area contributed by atoms with E-state index in [2.05, 4.69) is 5.32 Å². The van der Waals surface area contributed by atoms with E-state index < -0.39 is 30.4 Å². The van der Waals surface area contributed by atoms with Gasteiger partial charge in [0.25, 0.3) is 0 Å². The highest BCUT2D eigenvalue weighted by Crippen LogP contribution is 2.20. The van der Waals surface area contributed by atoms with Crippen molar-refractivity contribution in [3.63, 3.8) is 0 Å². The van der Waals surface area contributed by atoms with E-state index in [9.17, 15) is 20.1 Å². The number of carbonyl (C=O) groups is 1. The Balaban J connectivity index is 2.02. The molecule has 1 heterocycles. The molecule has 0 radical (unpaired) electrons. The molecule has 1 aliphatic rings. The van der Waals surface area contributed by atoms with Crippen molar-refractivity contribution in [1.29, 1.82) is 0 Å². The first-order chi connectivity index (χ1) is 12.0. The zero-order valence-corrected chi connectivity index (χ0v) is 15.0. The number of aliphatic hydroxyl groups is 5. The number of rotatable bonds is 14. The number of carbonyl (C=O) groups excluding carboxylic acids is 1. The lowest BCUT2D eigenvalue weighted by atomic mass is 9.98. The van der Waals surface area contributed by atoms with E-state index in [1.807, 2.05) is 0 Å². The van der Waals surface area contributed by atoms with Gasteiger partial charge in [-0.1, -0.05) is 32.1 Å². The largest absolute Gasteiger partial charge is 0.396 e. The van der Waals surface area contributed by atoms with Crippen LogP contribution in [0.2, 0.25) is 0 Å². The van der Waals surface area contributed by atoms with E-state index in [0.717, 1.165) is 38.5 Å². The van der Waals surface area contributed by atoms with Crippen LogP contribution in [0.15, 0.2) is 0 Å². The Morgan fingerprint density at radius 3 is 2.08 bits per heavy atom. The van der Waals surface area contributed by atoms with E-state index >= 15 is 0 Å². The standard InChI is InChI=1S/C18H35NO6/c20-11-7-9-13(22)8-5-3-1-2-4-6-10-15(23)16-18(25)17(24)14(12-21)19-16/h14-21,23-25H,1-12H2/t14-,15+,16-,17-,18-/m1/s1. The molecule has 0 amide bonds. The second kappa shape index (κ2) is 12.7. The normalized spacial score (nSPS) is 27.6. The molecule has 0 aromatic heterocycles. The van der Waals surface area contributed by atoms with Gasteiger partial charge < -0.3 is 30.8 Å². The van der Waals surface area contributed by atoms with E-state index in [1.165, 1.54) is 0 Å². The summed E-state index contributed by atoms with van der Waals surface area (Å²) in [5.41, 5.74) is 0. The molecule has 0 aromatic carbocycles. The monoisotopic (exact) mass is 361 g/mol. The molecule has 1 aliphatic heterocycles. The third-order valence-corrected chi connectivity index (χ3v) is 4.97. The summed E-state index contributed by atoms with van der Waals surface area (Å²) in [7, 11) is 0. The fourth-order valence-electron chi connectivity index (χ4n) is 3.36. The van der Waals surface area contributed by atoms with Gasteiger partial charge in [-0.05, 0) is 19.3 Å². The minimum Gasteiger partial charge on any atom is -0.396 e. The second-order valence-electron chi connectivity index (χ2n) is 7.06. The summed E-state index contributed by atoms with van der Waals surface area (Å²) in [5, 5.41) is 50.4. The molecule has 0 spiro atoms. The van der Waals surface area contributed by atoms with Crippen LogP contribution in [0.5, 0.6) is 0 Å². The van der Waals surface area contributed by atoms with Gasteiger partial charge in [-0.15, -0.1) is 0 Å². The lowest BCUT2D eigenvalue weighted by Crippen LogP contribution is -2.44. The van der Waals surface area contributed by atoms with Crippen molar-refractivity contribution in [2.75, 3.05) is 13.2 Å². The van der Waals surface area contributed by atoms with Crippen LogP contribution >= 0.6 is 0 Å². The van der Waals surface area contributed by atoms with Gasteiger partial charge in [0.1, 0.15) is 5.78 Å². The number of ketones is 1. The number of unbranched alkanes of at least 4 members (excludes halogenated alkanes) is 5. The molecule has 7 nitrogen and oxygen atoms in total. The molecule has 0 unspecified atom stereocenters. The molecule has 7 heteroatoms. The smallest absolute Gasteiger partial charge is 0.132 e. The molecule has 1 fully saturated rings. The Hall–Kier alpha value is -0.570. The topological polar surface area (TPSA) is 130 Å². The third-order valence-electron chi connectivity index (χ3n) is 4.97. The molecule has 0 aliphatic carbocycles. The van der Waals surface area contributed by atoms with E-state index in [1.54, 1.807) is 0 Å². The van der Waals surface area contributed by atoms with E-state index in [0.29, 0.717) is 25.7 Å². The van der Waals surface area contributed by atoms with Crippen molar-refractivity contribution >= 4 is 5.78 Å². The molecule has 0 bridgehead atoms. The molecule has 1 saturated heterocycles. The molecule has 6 N–H and O–H groups in total. The van der Waals surface area contributed by atoms with Gasteiger partial charge in [-0.3, -0.25) is 4.79 Å². The van der Waals surface area contributed by atoms with Gasteiger partial charge in [-0.25, -0.2) is 0 Å². The number of nitrogens with one attached hydrogen (secondary N) is 1. The minimum absolute atomic E-state index is 0.0740. The highest BCUT2D eigenvalue weighted by Gasteiger charge is 2.43. The molecule has 148 valence electrons. The van der Waals surface area contributed by atoms with Crippen LogP contribution in [0.1, 0.15) is 64.2 Å². The predicted octanol–water partition coefficient (Wildman–Crippen LogP) is -0.136. The maximum atomic E-state index is 11.4. The van der Waals surface area contributed by atoms with Gasteiger partial charge in [0, 0.05) is 19.4 Å². The Morgan fingerprint density at radius 1 is 0.880 bits per heavy atom. The molecule has 0 aromatic rings. The van der Waals surface area contributed by atoms with Crippen molar-refractivity contribution in [2.45, 2.75) is 94.6 Å². The minimum atomic E-state index is -1.06. The predicted molar refractivity (Wildman–Crippen MR) is 94.1 cm³/mol. The Kier molecular flexibility index (Phi) is 11.4. The van der Waals surface area contributed by atoms with Crippen LogP contribution < -0.4 is 5.32 Å². The van der Waals surface area contributed by atoms with Crippen molar-refractivity contribution in [1.82, 2.24) is 5.32 Å². The van der Waals surface area contributed by atoms with Gasteiger partial charge in [0.2, 0.25) is 0 Å². The fraction of sp³-hybridized carbons (Fsp3) is 0.944. The van der Waals surface area contributed by atoms with Crippen molar-refractivity contribution in [3.05, 3.63) is 0 Å². The van der Waals surface area contributed by atoms with Crippen LogP contribution in [0.3, 0.4) is 0 Å². The summed E-state index contributed by atoms with van der Waals surface area (Å²) in [5.74, 6) is 0.225. The van der Waals surface area contributed by atoms with Crippen molar-refractivity contribution in [3.8, 4) is 0 Å². The SMILES string of the molecule is O=C(CCCO)CCCCCCCC[C@H](O)[C@H]1N[C@H](CO)[C@@H](O)[C@@H]1O. The third kappa shape index (κ3) is 8.11. The fourth-order valence-corrected chi connectivity index (χ4v) is 3.36. The van der Waals surface area contributed by atoms with E-state index in [-0.39, 0.29) is 19.0 Å². The van der Waals surface area contributed by atoms with Crippen LogP contribution in [-0.2, 0) is 4.79 Å². The van der Waals surface area contributed by atoms with Gasteiger partial charge in [-0.2, -0.15) is 0 Å². The summed E-state index contributed by atoms with van der Waals surface area (Å²) in [4.78, 5) is 11.4. The van der Waals surface area contributed by atoms with Crippen LogP contribution in [-0.4, -0.2) is 74.9 Å². The first-order valence-corrected chi connectivity index (χ1v) is 9.55. The Morgan fingerprint density at radius 2 is 1.48 bits per heavy atom. The average Bonchev–Trinajstić information content (AvgIpc) is 2.90. The lowest BCUT2D eigenvalue weighted by molar-refractivity contribution is -0.119. The summed E-state index contributed by atoms with van der Waals surface area (Å²) >= 11 is 0. The zero-order valence-electron chi connectivity index (χ0n) is 15.0. The first kappa shape index (κ1) is 22.5. The Labute approximate surface area is 150 Å². The maximum Gasteiger partial charge on any atom is 0.132 e. The quantitative estimate of drug-likeness (QED) is 0.238. The van der Waals surface area contributed by atoms with Gasteiger partial charge in [0.05, 0.1) is 37.0 Å². The van der Waals surface area contributed by atoms with Crippen LogP contribution in [0.4, 0.5) is 0 Å². The van der Waals surface area contributed by atoms with Crippen LogP contribution in [0, 0.1) is 0 Å². The molecule has 5 atom stereocenters. The average molecular weight is 361 g/mol. The zero-order chi connectivity index (χ0) is 18.7. The Bertz CT molecular complexity index is 367. The summed E-state index contributed by atoms with van der Waals surface area (Å²) < 4.78 is 0. The maximum absolute atomic E-state index is 11.4. The molecular weight excluding hydrogens is 326 g/mol.